The lowest BCUT2D eigenvalue weighted by atomic mass is 9.99. The smallest absolute Gasteiger partial charge is 0.326 e. The van der Waals surface area contributed by atoms with Crippen LogP contribution in [-0.2, 0) is 97.5 Å². The van der Waals surface area contributed by atoms with E-state index in [9.17, 15) is 117 Å². The van der Waals surface area contributed by atoms with Gasteiger partial charge in [0.2, 0.25) is 88.6 Å². The summed E-state index contributed by atoms with van der Waals surface area (Å²) in [5.41, 5.74) is 23.2. The highest BCUT2D eigenvalue weighted by Crippen LogP contribution is 2.21. The summed E-state index contributed by atoms with van der Waals surface area (Å²) in [5, 5.41) is 89.2. The number of likely N-dealkylation sites (tertiary alicyclic amines) is 1. The number of aliphatic hydroxyl groups excluding tert-OH is 2. The Bertz CT molecular complexity index is 3690. The van der Waals surface area contributed by atoms with Crippen LogP contribution < -0.4 is 92.1 Å². The van der Waals surface area contributed by atoms with Gasteiger partial charge in [0.05, 0.1) is 31.7 Å². The molecule has 1 aliphatic heterocycles. The molecular formula is C74H119N19O25. The molecule has 1 aliphatic rings. The van der Waals surface area contributed by atoms with Gasteiger partial charge in [0.25, 0.3) is 0 Å². The number of nitrogens with one attached hydrogen (secondary N) is 13. The Morgan fingerprint density at radius 2 is 0.898 bits per heavy atom. The molecule has 0 saturated carbocycles. The van der Waals surface area contributed by atoms with E-state index in [1.165, 1.54) is 20.8 Å². The van der Waals surface area contributed by atoms with Gasteiger partial charge in [-0.25, -0.2) is 4.79 Å². The molecule has 0 aromatic heterocycles. The first-order valence-electron chi connectivity index (χ1n) is 38.7. The molecule has 27 N–H and O–H groups in total. The quantitative estimate of drug-likeness (QED) is 0.0164. The Balaban J connectivity index is 2.35. The number of carboxylic acids is 4. The zero-order chi connectivity index (χ0) is 89.5. The van der Waals surface area contributed by atoms with Crippen molar-refractivity contribution in [1.82, 2.24) is 74.0 Å². The molecule has 1 aromatic carbocycles. The molecule has 1 heterocycles. The summed E-state index contributed by atoms with van der Waals surface area (Å²) < 4.78 is 0. The van der Waals surface area contributed by atoms with Crippen LogP contribution in [0.15, 0.2) is 35.3 Å². The summed E-state index contributed by atoms with van der Waals surface area (Å²) in [6.45, 7) is 13.5. The second-order valence-corrected chi connectivity index (χ2v) is 30.3. The largest absolute Gasteiger partial charge is 0.481 e. The van der Waals surface area contributed by atoms with Crippen LogP contribution in [0.2, 0.25) is 0 Å². The summed E-state index contributed by atoms with van der Waals surface area (Å²) in [6, 6.07) is -13.8. The normalized spacial score (nSPS) is 16.0. The van der Waals surface area contributed by atoms with Gasteiger partial charge in [0.1, 0.15) is 78.5 Å². The molecule has 44 nitrogen and oxygen atoms in total. The third kappa shape index (κ3) is 37.9. The highest BCUT2D eigenvalue weighted by Gasteiger charge is 2.42. The number of benzene rings is 1. The number of carboxylic acid groups (broad SMARTS) is 4. The van der Waals surface area contributed by atoms with Crippen molar-refractivity contribution in [3.8, 4) is 0 Å². The van der Waals surface area contributed by atoms with Crippen molar-refractivity contribution in [2.24, 2.45) is 51.6 Å². The maximum absolute atomic E-state index is 14.5. The standard InChI is InChI=1S/C74H119N19O25/c1-35(2)28-42(75)61(105)83-44(20-23-55(98)99)63(107)84-43(18-14-26-79-74(77)78)62(106)88-49(31-41-16-12-11-13-17-41)65(109)81-39(9)60(104)91-58(38(7)8)70(114)89-50(32-53(76)96)72(116)93-27-15-19-52(93)69(113)80-33-54(97)82-47(29-36(3)4)66(110)87-48(30-37(5)6)67(111)85-45(21-24-56(100)101)64(108)92-59(40(10)95)71(115)90-51(34-94)68(112)86-46(73(117)118)22-25-57(102)103/h11-13,16-17,35-40,42-52,58-59,94-95H,14-15,18-34,75H2,1-10H3,(H2,76,96)(H,80,113)(H,81,109)(H,82,97)(H,83,105)(H,84,107)(H,85,111)(H,86,112)(H,87,110)(H,88,106)(H,89,114)(H,90,115)(H,91,104)(H,92,108)(H,98,99)(H,100,101)(H,102,103)(H,117,118)(H4,77,78,79)/t39-,40+,42-,43-,44-,45-,46-,47-,48-,49-,50-,51-,52-,58-,59-/m0/s1. The average molecular weight is 1670 g/mol. The Kier molecular flexibility index (Phi) is 44.6. The molecule has 1 saturated heterocycles. The number of amides is 15. The Labute approximate surface area is 681 Å². The van der Waals surface area contributed by atoms with E-state index in [-0.39, 0.29) is 88.2 Å². The van der Waals surface area contributed by atoms with E-state index in [1.807, 2.05) is 24.5 Å². The fraction of sp³-hybridized carbons (Fsp3) is 0.649. The maximum atomic E-state index is 14.5. The van der Waals surface area contributed by atoms with Crippen LogP contribution in [0.25, 0.3) is 0 Å². The van der Waals surface area contributed by atoms with Crippen LogP contribution in [0, 0.1) is 23.7 Å². The van der Waals surface area contributed by atoms with Gasteiger partial charge in [0, 0.05) is 38.8 Å². The van der Waals surface area contributed by atoms with Crippen LogP contribution in [0.3, 0.4) is 0 Å². The molecule has 0 aliphatic carbocycles. The molecule has 0 spiro atoms. The zero-order valence-corrected chi connectivity index (χ0v) is 67.9. The van der Waals surface area contributed by atoms with Gasteiger partial charge in [-0.05, 0) is 107 Å². The van der Waals surface area contributed by atoms with Crippen LogP contribution in [0.1, 0.15) is 165 Å². The van der Waals surface area contributed by atoms with Crippen molar-refractivity contribution in [3.63, 3.8) is 0 Å². The van der Waals surface area contributed by atoms with Crippen molar-refractivity contribution in [2.45, 2.75) is 256 Å². The number of hydrogen-bond acceptors (Lipinski definition) is 23. The van der Waals surface area contributed by atoms with Gasteiger partial charge in [-0.15, -0.1) is 0 Å². The molecule has 15 amide bonds. The van der Waals surface area contributed by atoms with E-state index in [4.69, 9.17) is 28.0 Å². The third-order valence-corrected chi connectivity index (χ3v) is 18.2. The van der Waals surface area contributed by atoms with E-state index in [1.54, 1.807) is 58.0 Å². The number of carbonyl (C=O) groups excluding carboxylic acids is 15. The van der Waals surface area contributed by atoms with E-state index in [0.717, 1.165) is 11.8 Å². The Hall–Kier alpha value is -11.7. The van der Waals surface area contributed by atoms with Crippen LogP contribution in [0.5, 0.6) is 0 Å². The topological polar surface area (TPSA) is 722 Å². The molecule has 0 bridgehead atoms. The van der Waals surface area contributed by atoms with Crippen molar-refractivity contribution < 1.29 is 122 Å². The number of nitrogens with two attached hydrogens (primary N) is 4. The molecule has 0 radical (unpaired) electrons. The van der Waals surface area contributed by atoms with E-state index < -0.39 is 267 Å². The molecule has 15 atom stereocenters. The minimum absolute atomic E-state index is 0.000579. The first-order valence-corrected chi connectivity index (χ1v) is 38.7. The first kappa shape index (κ1) is 102. The minimum Gasteiger partial charge on any atom is -0.481 e. The summed E-state index contributed by atoms with van der Waals surface area (Å²) in [7, 11) is 0. The average Bonchev–Trinajstić information content (AvgIpc) is 1.66. The van der Waals surface area contributed by atoms with Crippen molar-refractivity contribution in [3.05, 3.63) is 35.9 Å². The van der Waals surface area contributed by atoms with Crippen LogP contribution in [-0.4, -0.2) is 271 Å². The number of guanidine groups is 1. The molecule has 44 heteroatoms. The van der Waals surface area contributed by atoms with Crippen molar-refractivity contribution in [2.75, 3.05) is 26.2 Å². The Morgan fingerprint density at radius 3 is 1.38 bits per heavy atom. The number of primary amides is 1. The number of nitrogens with zero attached hydrogens (tertiary/aromatic N) is 2. The molecule has 0 unspecified atom stereocenters. The number of aliphatic carboxylic acids is 4. The lowest BCUT2D eigenvalue weighted by Crippen LogP contribution is -2.62. The first-order chi connectivity index (χ1) is 55.2. The lowest BCUT2D eigenvalue weighted by molar-refractivity contribution is -0.144. The van der Waals surface area contributed by atoms with Crippen LogP contribution in [0.4, 0.5) is 0 Å². The van der Waals surface area contributed by atoms with Gasteiger partial charge >= 0.3 is 23.9 Å². The number of aliphatic hydroxyl groups is 2. The van der Waals surface area contributed by atoms with E-state index >= 15 is 0 Å². The molecule has 118 heavy (non-hydrogen) atoms. The molecule has 1 fully saturated rings. The second-order valence-electron chi connectivity index (χ2n) is 30.3. The number of hydrogen-bond donors (Lipinski definition) is 23. The highest BCUT2D eigenvalue weighted by atomic mass is 16.4. The molecule has 2 rings (SSSR count). The fourth-order valence-electron chi connectivity index (χ4n) is 12.1. The van der Waals surface area contributed by atoms with E-state index in [2.05, 4.69) is 63.5 Å². The van der Waals surface area contributed by atoms with Gasteiger partial charge in [-0.3, -0.25) is 91.3 Å². The lowest BCUT2D eigenvalue weighted by Gasteiger charge is -2.30. The number of carbonyl (C=O) groups is 19. The van der Waals surface area contributed by atoms with Gasteiger partial charge in [-0.1, -0.05) is 85.7 Å². The predicted octanol–water partition coefficient (Wildman–Crippen LogP) is -6.72. The summed E-state index contributed by atoms with van der Waals surface area (Å²) in [6.07, 6.45) is -6.43. The predicted molar refractivity (Wildman–Crippen MR) is 419 cm³/mol. The fourth-order valence-corrected chi connectivity index (χ4v) is 12.1. The molecular weight excluding hydrogens is 1550 g/mol. The summed E-state index contributed by atoms with van der Waals surface area (Å²) >= 11 is 0. The Morgan fingerprint density at radius 1 is 0.475 bits per heavy atom. The summed E-state index contributed by atoms with van der Waals surface area (Å²) in [4.78, 5) is 259. The zero-order valence-electron chi connectivity index (χ0n) is 67.9. The third-order valence-electron chi connectivity index (χ3n) is 18.2. The summed E-state index contributed by atoms with van der Waals surface area (Å²) in [5.74, 6) is -23.0. The van der Waals surface area contributed by atoms with Crippen molar-refractivity contribution >= 4 is 118 Å². The maximum Gasteiger partial charge on any atom is 0.326 e. The van der Waals surface area contributed by atoms with Crippen molar-refractivity contribution in [1.29, 1.82) is 0 Å². The molecule has 1 aromatic rings. The monoisotopic (exact) mass is 1670 g/mol. The minimum atomic E-state index is -2.00. The number of aliphatic imine (C=N–C) groups is 1. The highest BCUT2D eigenvalue weighted by molar-refractivity contribution is 6.01. The van der Waals surface area contributed by atoms with E-state index in [0.29, 0.717) is 5.56 Å². The van der Waals surface area contributed by atoms with Gasteiger partial charge < -0.3 is 128 Å². The SMILES string of the molecule is CC(C)C[C@H](NC(=O)CNC(=O)[C@@H]1CCCN1C(=O)[C@H](CC(N)=O)NC(=O)[C@@H](NC(=O)[C@H](C)NC(=O)[C@H](Cc1ccccc1)NC(=O)[C@H](CCCN=C(N)N)NC(=O)[C@H](CCC(=O)O)NC(=O)[C@@H](N)CC(C)C)C(C)C)C(=O)N[C@@H](CC(C)C)C(=O)N[C@@H](CCC(=O)O)C(=O)N[C@H](C(=O)N[C@@H](CO)C(=O)N[C@@H](CCC(=O)O)C(=O)O)[C@@H](C)O. The molecule has 660 valence electrons. The van der Waals surface area contributed by atoms with Crippen LogP contribution >= 0.6 is 0 Å². The van der Waals surface area contributed by atoms with Gasteiger partial charge in [0.15, 0.2) is 5.96 Å². The van der Waals surface area contributed by atoms with Gasteiger partial charge in [-0.2, -0.15) is 0 Å². The second kappa shape index (κ2) is 51.4. The number of rotatable bonds is 54.